The number of cyclic esters (lactones) is 1. The lowest BCUT2D eigenvalue weighted by Crippen LogP contribution is -2.38. The predicted octanol–water partition coefficient (Wildman–Crippen LogP) is 3.77. The van der Waals surface area contributed by atoms with Crippen molar-refractivity contribution in [2.24, 2.45) is 0 Å². The summed E-state index contributed by atoms with van der Waals surface area (Å²) in [7, 11) is 0. The first-order valence-electron chi connectivity index (χ1n) is 6.22. The van der Waals surface area contributed by atoms with Crippen LogP contribution >= 0.6 is 11.6 Å². The minimum absolute atomic E-state index is 0.111. The summed E-state index contributed by atoms with van der Waals surface area (Å²) in [6, 6.07) is 6.42. The molecule has 0 bridgehead atoms. The molecule has 1 atom stereocenters. The monoisotopic (exact) mass is 297 g/mol. The molecule has 1 aromatic carbocycles. The minimum atomic E-state index is -0.708. The molecule has 6 heteroatoms. The molecule has 1 aliphatic rings. The molecular formula is C14H16ClNO4. The third-order valence-corrected chi connectivity index (χ3v) is 2.97. The van der Waals surface area contributed by atoms with Gasteiger partial charge in [0.25, 0.3) is 0 Å². The van der Waals surface area contributed by atoms with Crippen LogP contribution in [0, 0.1) is 0 Å². The molecule has 1 fully saturated rings. The van der Waals surface area contributed by atoms with Gasteiger partial charge in [-0.2, -0.15) is 0 Å². The Morgan fingerprint density at radius 3 is 2.50 bits per heavy atom. The molecule has 0 saturated carbocycles. The topological polar surface area (TPSA) is 55.8 Å². The van der Waals surface area contributed by atoms with Crippen LogP contribution < -0.4 is 0 Å². The Morgan fingerprint density at radius 1 is 1.35 bits per heavy atom. The third kappa shape index (κ3) is 3.22. The fraction of sp³-hybridized carbons (Fsp3) is 0.429. The Balaban J connectivity index is 2.22. The Hall–Kier alpha value is -1.75. The highest BCUT2D eigenvalue weighted by Gasteiger charge is 2.41. The highest BCUT2D eigenvalue weighted by molar-refractivity contribution is 6.30. The van der Waals surface area contributed by atoms with Gasteiger partial charge in [0.05, 0.1) is 0 Å². The summed E-state index contributed by atoms with van der Waals surface area (Å²) in [5.41, 5.74) is 0.0935. The summed E-state index contributed by atoms with van der Waals surface area (Å²) >= 11 is 5.83. The maximum atomic E-state index is 12.1. The molecule has 0 spiro atoms. The van der Waals surface area contributed by atoms with Crippen LogP contribution in [0.4, 0.5) is 9.59 Å². The maximum absolute atomic E-state index is 12.1. The van der Waals surface area contributed by atoms with E-state index in [1.165, 1.54) is 0 Å². The second kappa shape index (κ2) is 5.32. The summed E-state index contributed by atoms with van der Waals surface area (Å²) < 4.78 is 10.2. The van der Waals surface area contributed by atoms with Gasteiger partial charge in [-0.15, -0.1) is 0 Å². The van der Waals surface area contributed by atoms with E-state index in [1.54, 1.807) is 45.0 Å². The second-order valence-corrected chi connectivity index (χ2v) is 5.93. The van der Waals surface area contributed by atoms with Crippen LogP contribution in [-0.2, 0) is 9.47 Å². The van der Waals surface area contributed by atoms with Crippen molar-refractivity contribution in [1.29, 1.82) is 0 Å². The van der Waals surface area contributed by atoms with Crippen molar-refractivity contribution in [3.63, 3.8) is 0 Å². The Morgan fingerprint density at radius 2 is 1.95 bits per heavy atom. The van der Waals surface area contributed by atoms with Crippen LogP contribution in [0.15, 0.2) is 24.3 Å². The number of nitrogens with zero attached hydrogens (tertiary/aromatic N) is 1. The van der Waals surface area contributed by atoms with Gasteiger partial charge in [-0.3, -0.25) is 0 Å². The Kier molecular flexibility index (Phi) is 3.90. The van der Waals surface area contributed by atoms with Crippen LogP contribution in [0.1, 0.15) is 32.4 Å². The van der Waals surface area contributed by atoms with Crippen molar-refractivity contribution in [2.45, 2.75) is 32.4 Å². The summed E-state index contributed by atoms with van der Waals surface area (Å²) in [5.74, 6) is 0. The van der Waals surface area contributed by atoms with Crippen LogP contribution in [0.3, 0.4) is 0 Å². The molecule has 0 aromatic heterocycles. The fourth-order valence-corrected chi connectivity index (χ4v) is 1.99. The second-order valence-electron chi connectivity index (χ2n) is 5.49. The molecular weight excluding hydrogens is 282 g/mol. The van der Waals surface area contributed by atoms with E-state index in [0.717, 1.165) is 10.5 Å². The molecule has 1 aromatic rings. The van der Waals surface area contributed by atoms with E-state index in [4.69, 9.17) is 21.1 Å². The molecule has 0 N–H and O–H groups in total. The van der Waals surface area contributed by atoms with E-state index < -0.39 is 23.8 Å². The van der Waals surface area contributed by atoms with Crippen LogP contribution in [-0.4, -0.2) is 29.3 Å². The van der Waals surface area contributed by atoms with Crippen molar-refractivity contribution in [2.75, 3.05) is 6.61 Å². The molecule has 1 heterocycles. The van der Waals surface area contributed by atoms with E-state index in [-0.39, 0.29) is 6.61 Å². The fourth-order valence-electron chi connectivity index (χ4n) is 1.86. The lowest BCUT2D eigenvalue weighted by molar-refractivity contribution is 0.0291. The lowest BCUT2D eigenvalue weighted by atomic mass is 10.1. The first-order valence-corrected chi connectivity index (χ1v) is 6.60. The number of carbonyl (C=O) groups excluding carboxylic acids is 2. The zero-order valence-electron chi connectivity index (χ0n) is 11.6. The molecule has 2 rings (SSSR count). The zero-order valence-corrected chi connectivity index (χ0v) is 12.3. The van der Waals surface area contributed by atoms with E-state index in [2.05, 4.69) is 0 Å². The van der Waals surface area contributed by atoms with Crippen LogP contribution in [0.5, 0.6) is 0 Å². The first kappa shape index (κ1) is 14.7. The van der Waals surface area contributed by atoms with Gasteiger partial charge in [0.1, 0.15) is 18.2 Å². The number of imide groups is 1. The Bertz CT molecular complexity index is 521. The van der Waals surface area contributed by atoms with E-state index in [0.29, 0.717) is 5.02 Å². The van der Waals surface area contributed by atoms with Gasteiger partial charge in [-0.05, 0) is 38.5 Å². The van der Waals surface area contributed by atoms with Crippen molar-refractivity contribution >= 4 is 23.8 Å². The molecule has 0 aliphatic carbocycles. The number of ether oxygens (including phenoxy) is 2. The van der Waals surface area contributed by atoms with Crippen molar-refractivity contribution in [3.8, 4) is 0 Å². The molecule has 5 nitrogen and oxygen atoms in total. The van der Waals surface area contributed by atoms with Gasteiger partial charge in [0, 0.05) is 5.02 Å². The highest BCUT2D eigenvalue weighted by Crippen LogP contribution is 2.30. The van der Waals surface area contributed by atoms with Crippen molar-refractivity contribution in [1.82, 2.24) is 4.90 Å². The summed E-state index contributed by atoms with van der Waals surface area (Å²) in [5, 5.41) is 0.586. The molecule has 1 saturated heterocycles. The average molecular weight is 298 g/mol. The molecule has 1 aliphatic heterocycles. The summed E-state index contributed by atoms with van der Waals surface area (Å²) in [4.78, 5) is 24.8. The predicted molar refractivity (Wildman–Crippen MR) is 73.6 cm³/mol. The SMILES string of the molecule is CC(C)(C)OC(=O)N1C(=O)OC[C@H]1c1ccc(Cl)cc1. The quantitative estimate of drug-likeness (QED) is 0.792. The standard InChI is InChI=1S/C14H16ClNO4/c1-14(2,3)20-13(18)16-11(8-19-12(16)17)9-4-6-10(15)7-5-9/h4-7,11H,8H2,1-3H3/t11-/m0/s1. The number of hydrogen-bond donors (Lipinski definition) is 0. The molecule has 0 unspecified atom stereocenters. The maximum Gasteiger partial charge on any atom is 0.420 e. The van der Waals surface area contributed by atoms with E-state index >= 15 is 0 Å². The molecule has 0 radical (unpaired) electrons. The molecule has 108 valence electrons. The highest BCUT2D eigenvalue weighted by atomic mass is 35.5. The Labute approximate surface area is 122 Å². The lowest BCUT2D eigenvalue weighted by Gasteiger charge is -2.25. The number of hydrogen-bond acceptors (Lipinski definition) is 4. The normalized spacial score (nSPS) is 18.9. The van der Waals surface area contributed by atoms with Gasteiger partial charge in [-0.1, -0.05) is 23.7 Å². The van der Waals surface area contributed by atoms with Crippen LogP contribution in [0.25, 0.3) is 0 Å². The van der Waals surface area contributed by atoms with Gasteiger partial charge in [0.15, 0.2) is 0 Å². The number of halogens is 1. The molecule has 20 heavy (non-hydrogen) atoms. The smallest absolute Gasteiger partial charge is 0.420 e. The zero-order chi connectivity index (χ0) is 14.9. The third-order valence-electron chi connectivity index (χ3n) is 2.72. The first-order chi connectivity index (χ1) is 9.28. The number of amides is 2. The minimum Gasteiger partial charge on any atom is -0.446 e. The van der Waals surface area contributed by atoms with Crippen LogP contribution in [0.2, 0.25) is 5.02 Å². The molecule has 2 amide bonds. The van der Waals surface area contributed by atoms with Gasteiger partial charge in [0.2, 0.25) is 0 Å². The van der Waals surface area contributed by atoms with E-state index in [9.17, 15) is 9.59 Å². The number of rotatable bonds is 1. The van der Waals surface area contributed by atoms with Gasteiger partial charge in [-0.25, -0.2) is 14.5 Å². The number of benzene rings is 1. The van der Waals surface area contributed by atoms with Crippen molar-refractivity contribution < 1.29 is 19.1 Å². The van der Waals surface area contributed by atoms with E-state index in [1.807, 2.05) is 0 Å². The van der Waals surface area contributed by atoms with Gasteiger partial charge >= 0.3 is 12.2 Å². The summed E-state index contributed by atoms with van der Waals surface area (Å²) in [6.45, 7) is 5.33. The summed E-state index contributed by atoms with van der Waals surface area (Å²) in [6.07, 6.45) is -1.40. The average Bonchev–Trinajstić information content (AvgIpc) is 2.70. The van der Waals surface area contributed by atoms with Crippen molar-refractivity contribution in [3.05, 3.63) is 34.9 Å². The van der Waals surface area contributed by atoms with Gasteiger partial charge < -0.3 is 9.47 Å². The largest absolute Gasteiger partial charge is 0.446 e. The number of carbonyl (C=O) groups is 2.